The second-order valence-corrected chi connectivity index (χ2v) is 2.64. The van der Waals surface area contributed by atoms with Crippen molar-refractivity contribution in [3.8, 4) is 5.19 Å². The summed E-state index contributed by atoms with van der Waals surface area (Å²) in [4.78, 5) is 3.93. The third kappa shape index (κ3) is 1.01. The Morgan fingerprint density at radius 3 is 2.88 bits per heavy atom. The van der Waals surface area contributed by atoms with Crippen LogP contribution in [0.15, 0.2) is 6.20 Å². The number of rotatable bonds is 1. The zero-order chi connectivity index (χ0) is 5.98. The fourth-order valence-corrected chi connectivity index (χ4v) is 0.998. The minimum Gasteiger partial charge on any atom is -0.473 e. The Morgan fingerprint density at radius 1 is 1.88 bits per heavy atom. The van der Waals surface area contributed by atoms with Crippen molar-refractivity contribution < 1.29 is 4.74 Å². The SMILES string of the molecule is Bc1cnc(OC)s1. The highest BCUT2D eigenvalue weighted by Gasteiger charge is 1.92. The molecule has 1 heterocycles. The third-order valence-electron chi connectivity index (χ3n) is 0.775. The van der Waals surface area contributed by atoms with E-state index in [0.717, 1.165) is 5.19 Å². The van der Waals surface area contributed by atoms with Gasteiger partial charge in [-0.3, -0.25) is 0 Å². The van der Waals surface area contributed by atoms with Crippen molar-refractivity contribution in [1.82, 2.24) is 4.98 Å². The van der Waals surface area contributed by atoms with E-state index >= 15 is 0 Å². The predicted octanol–water partition coefficient (Wildman–Crippen LogP) is -0.590. The van der Waals surface area contributed by atoms with Gasteiger partial charge in [0.25, 0.3) is 5.19 Å². The van der Waals surface area contributed by atoms with E-state index in [4.69, 9.17) is 4.74 Å². The average molecular weight is 127 g/mol. The molecule has 1 rings (SSSR count). The molecule has 42 valence electrons. The van der Waals surface area contributed by atoms with Crippen LogP contribution in [-0.2, 0) is 0 Å². The maximum Gasteiger partial charge on any atom is 0.272 e. The first-order valence-corrected chi connectivity index (χ1v) is 3.11. The van der Waals surface area contributed by atoms with Gasteiger partial charge < -0.3 is 4.74 Å². The highest BCUT2D eigenvalue weighted by molar-refractivity contribution is 7.21. The summed E-state index contributed by atoms with van der Waals surface area (Å²) in [5.74, 6) is 0. The number of methoxy groups -OCH3 is 1. The van der Waals surface area contributed by atoms with Crippen LogP contribution in [0.25, 0.3) is 0 Å². The van der Waals surface area contributed by atoms with E-state index in [2.05, 4.69) is 4.98 Å². The van der Waals surface area contributed by atoms with E-state index in [1.807, 2.05) is 7.85 Å². The van der Waals surface area contributed by atoms with Gasteiger partial charge in [0.1, 0.15) is 0 Å². The molecule has 1 aromatic rings. The fraction of sp³-hybridized carbons (Fsp3) is 0.250. The molecule has 0 fully saturated rings. The second kappa shape index (κ2) is 2.18. The quantitative estimate of drug-likeness (QED) is 0.470. The lowest BCUT2D eigenvalue weighted by molar-refractivity contribution is 0.412. The van der Waals surface area contributed by atoms with Crippen LogP contribution < -0.4 is 9.51 Å². The van der Waals surface area contributed by atoms with Gasteiger partial charge in [0.05, 0.1) is 7.11 Å². The van der Waals surface area contributed by atoms with Gasteiger partial charge in [-0.2, -0.15) is 0 Å². The first-order chi connectivity index (χ1) is 3.83. The molecular formula is C4H6BNOS. The van der Waals surface area contributed by atoms with Gasteiger partial charge in [-0.15, -0.1) is 0 Å². The summed E-state index contributed by atoms with van der Waals surface area (Å²) in [5, 5.41) is 0.738. The molecule has 0 aliphatic carbocycles. The molecule has 0 atom stereocenters. The minimum atomic E-state index is 0.738. The third-order valence-corrected chi connectivity index (χ3v) is 1.65. The molecule has 0 radical (unpaired) electrons. The molecule has 0 bridgehead atoms. The van der Waals surface area contributed by atoms with Gasteiger partial charge in [-0.05, 0) is 4.78 Å². The Balaban J connectivity index is 2.84. The summed E-state index contributed by atoms with van der Waals surface area (Å²) in [6.07, 6.45) is 1.80. The topological polar surface area (TPSA) is 22.1 Å². The van der Waals surface area contributed by atoms with Gasteiger partial charge >= 0.3 is 0 Å². The number of ether oxygens (including phenoxy) is 1. The second-order valence-electron chi connectivity index (χ2n) is 1.44. The molecule has 0 saturated heterocycles. The standard InChI is InChI=1S/C4H6BNOS/c1-7-4-6-2-3(5)8-4/h2H,5H2,1H3. The van der Waals surface area contributed by atoms with E-state index < -0.39 is 0 Å². The number of hydrogen-bond acceptors (Lipinski definition) is 3. The maximum atomic E-state index is 4.84. The van der Waals surface area contributed by atoms with E-state index in [-0.39, 0.29) is 0 Å². The molecule has 0 N–H and O–H groups in total. The van der Waals surface area contributed by atoms with Crippen LogP contribution in [0.3, 0.4) is 0 Å². The number of hydrogen-bond donors (Lipinski definition) is 0. The highest BCUT2D eigenvalue weighted by Crippen LogP contribution is 2.08. The Kier molecular flexibility index (Phi) is 1.53. The van der Waals surface area contributed by atoms with Crippen molar-refractivity contribution in [1.29, 1.82) is 0 Å². The lowest BCUT2D eigenvalue weighted by atomic mass is 10.1. The Bertz CT molecular complexity index is 176. The zero-order valence-corrected chi connectivity index (χ0v) is 5.66. The average Bonchev–Trinajstić information content (AvgIpc) is 2.14. The van der Waals surface area contributed by atoms with Crippen LogP contribution in [0.5, 0.6) is 5.19 Å². The molecule has 0 amide bonds. The molecule has 0 aromatic carbocycles. The van der Waals surface area contributed by atoms with Gasteiger partial charge in [0.15, 0.2) is 7.85 Å². The Morgan fingerprint density at radius 2 is 2.62 bits per heavy atom. The minimum absolute atomic E-state index is 0.738. The normalized spacial score (nSPS) is 9.12. The van der Waals surface area contributed by atoms with Crippen molar-refractivity contribution >= 4 is 24.0 Å². The van der Waals surface area contributed by atoms with Crippen molar-refractivity contribution in [2.45, 2.75) is 0 Å². The van der Waals surface area contributed by atoms with Crippen molar-refractivity contribution in [3.05, 3.63) is 6.20 Å². The van der Waals surface area contributed by atoms with E-state index in [0.29, 0.717) is 0 Å². The molecule has 0 aliphatic heterocycles. The summed E-state index contributed by atoms with van der Waals surface area (Å²) >= 11 is 1.55. The van der Waals surface area contributed by atoms with Crippen LogP contribution in [0.2, 0.25) is 0 Å². The Labute approximate surface area is 52.9 Å². The summed E-state index contributed by atoms with van der Waals surface area (Å²) < 4.78 is 6.02. The molecule has 0 aliphatic rings. The molecule has 1 aromatic heterocycles. The van der Waals surface area contributed by atoms with Crippen LogP contribution in [0.4, 0.5) is 0 Å². The van der Waals surface area contributed by atoms with E-state index in [1.54, 1.807) is 24.6 Å². The molecule has 2 nitrogen and oxygen atoms in total. The highest BCUT2D eigenvalue weighted by atomic mass is 32.1. The lowest BCUT2D eigenvalue weighted by Crippen LogP contribution is -1.89. The monoisotopic (exact) mass is 127 g/mol. The van der Waals surface area contributed by atoms with Crippen molar-refractivity contribution in [2.75, 3.05) is 7.11 Å². The van der Waals surface area contributed by atoms with E-state index in [9.17, 15) is 0 Å². The molecule has 0 unspecified atom stereocenters. The molecule has 4 heteroatoms. The molecule has 0 spiro atoms. The van der Waals surface area contributed by atoms with Gasteiger partial charge in [0.2, 0.25) is 0 Å². The number of thiazole rings is 1. The first kappa shape index (κ1) is 5.63. The van der Waals surface area contributed by atoms with Crippen LogP contribution in [0.1, 0.15) is 0 Å². The van der Waals surface area contributed by atoms with Crippen LogP contribution in [-0.4, -0.2) is 19.9 Å². The lowest BCUT2D eigenvalue weighted by Gasteiger charge is -1.85. The summed E-state index contributed by atoms with van der Waals surface area (Å²) in [7, 11) is 3.62. The Hall–Kier alpha value is -0.505. The molecule has 0 saturated carbocycles. The fourth-order valence-electron chi connectivity index (χ4n) is 0.428. The predicted molar refractivity (Wildman–Crippen MR) is 36.8 cm³/mol. The first-order valence-electron chi connectivity index (χ1n) is 2.29. The number of aromatic nitrogens is 1. The number of nitrogens with zero attached hydrogens (tertiary/aromatic N) is 1. The molecular weight excluding hydrogens is 121 g/mol. The largest absolute Gasteiger partial charge is 0.473 e. The molecule has 8 heavy (non-hydrogen) atoms. The van der Waals surface area contributed by atoms with Crippen LogP contribution >= 0.6 is 11.3 Å². The van der Waals surface area contributed by atoms with Gasteiger partial charge in [-0.25, -0.2) is 4.98 Å². The van der Waals surface area contributed by atoms with Gasteiger partial charge in [0, 0.05) is 6.20 Å². The van der Waals surface area contributed by atoms with Crippen molar-refractivity contribution in [3.63, 3.8) is 0 Å². The summed E-state index contributed by atoms with van der Waals surface area (Å²) in [5.41, 5.74) is 0. The van der Waals surface area contributed by atoms with Crippen LogP contribution in [0, 0.1) is 0 Å². The van der Waals surface area contributed by atoms with Gasteiger partial charge in [-0.1, -0.05) is 11.3 Å². The van der Waals surface area contributed by atoms with Crippen molar-refractivity contribution in [2.24, 2.45) is 0 Å². The summed E-state index contributed by atoms with van der Waals surface area (Å²) in [6.45, 7) is 0. The summed E-state index contributed by atoms with van der Waals surface area (Å²) in [6, 6.07) is 0. The zero-order valence-electron chi connectivity index (χ0n) is 4.84. The van der Waals surface area contributed by atoms with E-state index in [1.165, 1.54) is 4.78 Å². The smallest absolute Gasteiger partial charge is 0.272 e. The maximum absolute atomic E-state index is 4.84.